The second-order valence-electron chi connectivity index (χ2n) is 4.39. The average Bonchev–Trinajstić information content (AvgIpc) is 2.30. The molecule has 0 fully saturated rings. The Hall–Kier alpha value is -0.700. The summed E-state index contributed by atoms with van der Waals surface area (Å²) in [5, 5.41) is 1.42. The van der Waals surface area contributed by atoms with Crippen molar-refractivity contribution in [3.63, 3.8) is 0 Å². The summed E-state index contributed by atoms with van der Waals surface area (Å²) < 4.78 is 6.83. The Bertz CT molecular complexity index is 588. The van der Waals surface area contributed by atoms with E-state index in [0.29, 0.717) is 11.6 Å². The maximum Gasteiger partial charge on any atom is 0.125 e. The first-order chi connectivity index (χ1) is 8.97. The van der Waals surface area contributed by atoms with Crippen molar-refractivity contribution >= 4 is 39.1 Å². The number of benzene rings is 2. The van der Waals surface area contributed by atoms with Gasteiger partial charge in [-0.1, -0.05) is 45.2 Å². The Morgan fingerprint density at radius 3 is 2.26 bits per heavy atom. The topological polar surface area (TPSA) is 9.23 Å². The molecule has 0 spiro atoms. The molecule has 2 rings (SSSR count). The van der Waals surface area contributed by atoms with Crippen LogP contribution in [-0.4, -0.2) is 0 Å². The van der Waals surface area contributed by atoms with E-state index >= 15 is 0 Å². The van der Waals surface area contributed by atoms with E-state index in [1.807, 2.05) is 44.2 Å². The van der Waals surface area contributed by atoms with Crippen LogP contribution >= 0.6 is 39.1 Å². The summed E-state index contributed by atoms with van der Waals surface area (Å²) in [7, 11) is 0. The average molecular weight is 360 g/mol. The molecule has 0 aliphatic carbocycles. The molecule has 4 heteroatoms. The van der Waals surface area contributed by atoms with E-state index < -0.39 is 0 Å². The summed E-state index contributed by atoms with van der Waals surface area (Å²) in [5.41, 5.74) is 3.01. The molecule has 19 heavy (non-hydrogen) atoms. The fourth-order valence-corrected chi connectivity index (χ4v) is 2.97. The Balaban J connectivity index is 2.19. The number of rotatable bonds is 3. The van der Waals surface area contributed by atoms with Crippen LogP contribution in [0.5, 0.6) is 5.75 Å². The molecular weight excluding hydrogens is 347 g/mol. The van der Waals surface area contributed by atoms with Gasteiger partial charge in [0.05, 0.1) is 0 Å². The molecule has 0 heterocycles. The molecule has 0 aromatic heterocycles. The Kier molecular flexibility index (Phi) is 4.77. The maximum atomic E-state index is 6.17. The zero-order valence-corrected chi connectivity index (χ0v) is 13.7. The minimum Gasteiger partial charge on any atom is -0.488 e. The number of hydrogen-bond donors (Lipinski definition) is 0. The standard InChI is InChI=1S/C15H13BrCl2O/c1-9-5-13(17)6-10(2)15(9)19-8-11-3-4-12(16)7-14(11)18/h3-7H,8H2,1-2H3. The summed E-state index contributed by atoms with van der Waals surface area (Å²) in [6.07, 6.45) is 0. The van der Waals surface area contributed by atoms with Crippen LogP contribution in [0, 0.1) is 13.8 Å². The number of hydrogen-bond acceptors (Lipinski definition) is 1. The van der Waals surface area contributed by atoms with Gasteiger partial charge in [0, 0.05) is 20.1 Å². The SMILES string of the molecule is Cc1cc(Cl)cc(C)c1OCc1ccc(Br)cc1Cl. The minimum atomic E-state index is 0.440. The first-order valence-electron chi connectivity index (χ1n) is 5.81. The third kappa shape index (κ3) is 3.65. The summed E-state index contributed by atoms with van der Waals surface area (Å²) in [4.78, 5) is 0. The quantitative estimate of drug-likeness (QED) is 0.657. The smallest absolute Gasteiger partial charge is 0.125 e. The van der Waals surface area contributed by atoms with Crippen molar-refractivity contribution in [3.8, 4) is 5.75 Å². The van der Waals surface area contributed by atoms with Crippen LogP contribution < -0.4 is 4.74 Å². The van der Waals surface area contributed by atoms with Gasteiger partial charge in [-0.2, -0.15) is 0 Å². The van der Waals surface area contributed by atoms with Crippen molar-refractivity contribution in [3.05, 3.63) is 61.5 Å². The molecule has 100 valence electrons. The van der Waals surface area contributed by atoms with Crippen molar-refractivity contribution < 1.29 is 4.74 Å². The van der Waals surface area contributed by atoms with Gasteiger partial charge in [0.25, 0.3) is 0 Å². The lowest BCUT2D eigenvalue weighted by molar-refractivity contribution is 0.302. The van der Waals surface area contributed by atoms with E-state index in [1.165, 1.54) is 0 Å². The number of halogens is 3. The van der Waals surface area contributed by atoms with E-state index in [2.05, 4.69) is 15.9 Å². The zero-order chi connectivity index (χ0) is 14.0. The molecule has 1 nitrogen and oxygen atoms in total. The van der Waals surface area contributed by atoms with Gasteiger partial charge in [0.15, 0.2) is 0 Å². The van der Waals surface area contributed by atoms with Crippen LogP contribution in [-0.2, 0) is 6.61 Å². The van der Waals surface area contributed by atoms with Crippen molar-refractivity contribution in [1.82, 2.24) is 0 Å². The Morgan fingerprint density at radius 1 is 1.05 bits per heavy atom. The van der Waals surface area contributed by atoms with Crippen LogP contribution in [0.4, 0.5) is 0 Å². The molecular formula is C15H13BrCl2O. The fourth-order valence-electron chi connectivity index (χ4n) is 1.91. The lowest BCUT2D eigenvalue weighted by Crippen LogP contribution is -1.99. The summed E-state index contributed by atoms with van der Waals surface area (Å²) in [6.45, 7) is 4.41. The highest BCUT2D eigenvalue weighted by Gasteiger charge is 2.08. The molecule has 0 aliphatic rings. The second-order valence-corrected chi connectivity index (χ2v) is 6.15. The van der Waals surface area contributed by atoms with Crippen molar-refractivity contribution in [1.29, 1.82) is 0 Å². The van der Waals surface area contributed by atoms with Crippen LogP contribution in [0.25, 0.3) is 0 Å². The molecule has 2 aromatic rings. The predicted octanol–water partition coefficient (Wildman–Crippen LogP) is 5.95. The van der Waals surface area contributed by atoms with Crippen LogP contribution in [0.2, 0.25) is 10.0 Å². The van der Waals surface area contributed by atoms with E-state index in [1.54, 1.807) is 0 Å². The number of ether oxygens (including phenoxy) is 1. The van der Waals surface area contributed by atoms with E-state index in [0.717, 1.165) is 31.9 Å². The first kappa shape index (κ1) is 14.7. The van der Waals surface area contributed by atoms with Gasteiger partial charge in [0.2, 0.25) is 0 Å². The Morgan fingerprint density at radius 2 is 1.68 bits per heavy atom. The van der Waals surface area contributed by atoms with E-state index in [-0.39, 0.29) is 0 Å². The lowest BCUT2D eigenvalue weighted by atomic mass is 10.1. The second kappa shape index (κ2) is 6.17. The monoisotopic (exact) mass is 358 g/mol. The van der Waals surface area contributed by atoms with Gasteiger partial charge in [-0.25, -0.2) is 0 Å². The van der Waals surface area contributed by atoms with Gasteiger partial charge < -0.3 is 4.74 Å². The summed E-state index contributed by atoms with van der Waals surface area (Å²) in [6, 6.07) is 9.56. The molecule has 0 unspecified atom stereocenters. The van der Waals surface area contributed by atoms with Gasteiger partial charge in [-0.15, -0.1) is 0 Å². The Labute approximate surface area is 131 Å². The number of aryl methyl sites for hydroxylation is 2. The van der Waals surface area contributed by atoms with E-state index in [4.69, 9.17) is 27.9 Å². The summed E-state index contributed by atoms with van der Waals surface area (Å²) >= 11 is 15.6. The maximum absolute atomic E-state index is 6.17. The van der Waals surface area contributed by atoms with Crippen molar-refractivity contribution in [2.45, 2.75) is 20.5 Å². The fraction of sp³-hybridized carbons (Fsp3) is 0.200. The van der Waals surface area contributed by atoms with E-state index in [9.17, 15) is 0 Å². The third-order valence-corrected chi connectivity index (χ3v) is 3.88. The van der Waals surface area contributed by atoms with Crippen LogP contribution in [0.3, 0.4) is 0 Å². The highest BCUT2D eigenvalue weighted by molar-refractivity contribution is 9.10. The minimum absolute atomic E-state index is 0.440. The molecule has 0 N–H and O–H groups in total. The third-order valence-electron chi connectivity index (χ3n) is 2.81. The van der Waals surface area contributed by atoms with Crippen LogP contribution in [0.15, 0.2) is 34.8 Å². The highest BCUT2D eigenvalue weighted by Crippen LogP contribution is 2.29. The predicted molar refractivity (Wildman–Crippen MR) is 84.4 cm³/mol. The van der Waals surface area contributed by atoms with Gasteiger partial charge >= 0.3 is 0 Å². The van der Waals surface area contributed by atoms with Gasteiger partial charge in [-0.3, -0.25) is 0 Å². The van der Waals surface area contributed by atoms with Crippen LogP contribution in [0.1, 0.15) is 16.7 Å². The van der Waals surface area contributed by atoms with Gasteiger partial charge in [-0.05, 0) is 49.2 Å². The molecule has 0 saturated carbocycles. The molecule has 0 aliphatic heterocycles. The summed E-state index contributed by atoms with van der Waals surface area (Å²) in [5.74, 6) is 0.864. The van der Waals surface area contributed by atoms with Gasteiger partial charge in [0.1, 0.15) is 12.4 Å². The molecule has 0 bridgehead atoms. The lowest BCUT2D eigenvalue weighted by Gasteiger charge is -2.13. The largest absolute Gasteiger partial charge is 0.488 e. The molecule has 0 atom stereocenters. The first-order valence-corrected chi connectivity index (χ1v) is 7.35. The highest BCUT2D eigenvalue weighted by atomic mass is 79.9. The molecule has 0 saturated heterocycles. The molecule has 0 amide bonds. The molecule has 0 radical (unpaired) electrons. The molecule has 2 aromatic carbocycles. The van der Waals surface area contributed by atoms with Crippen molar-refractivity contribution in [2.24, 2.45) is 0 Å². The normalized spacial score (nSPS) is 10.6. The zero-order valence-electron chi connectivity index (χ0n) is 10.6. The van der Waals surface area contributed by atoms with Crippen molar-refractivity contribution in [2.75, 3.05) is 0 Å².